The van der Waals surface area contributed by atoms with E-state index < -0.39 is 39.2 Å². The SMILES string of the molecule is CC(C)(C)[Si](C)(C)O[C@H]1CCN(C[C@@H](NCC(F)(F)F)c2cccc(OC(F)(F)F)c2)C1.S.S. The van der Waals surface area contributed by atoms with Crippen LogP contribution in [-0.2, 0) is 4.43 Å². The Morgan fingerprint density at radius 2 is 1.71 bits per heavy atom. The molecule has 2 atom stereocenters. The smallest absolute Gasteiger partial charge is 0.413 e. The maximum absolute atomic E-state index is 12.8. The van der Waals surface area contributed by atoms with Gasteiger partial charge < -0.3 is 14.5 Å². The molecule has 0 spiro atoms. The fourth-order valence-electron chi connectivity index (χ4n) is 3.37. The third-order valence-electron chi connectivity index (χ3n) is 5.98. The van der Waals surface area contributed by atoms with Gasteiger partial charge in [0.2, 0.25) is 0 Å². The molecule has 34 heavy (non-hydrogen) atoms. The first-order valence-corrected chi connectivity index (χ1v) is 13.4. The summed E-state index contributed by atoms with van der Waals surface area (Å²) >= 11 is 0. The molecule has 0 aromatic heterocycles. The number of ether oxygens (including phenoxy) is 1. The van der Waals surface area contributed by atoms with Crippen LogP contribution in [0, 0.1) is 0 Å². The normalized spacial score (nSPS) is 18.7. The number of rotatable bonds is 8. The van der Waals surface area contributed by atoms with Crippen molar-refractivity contribution in [3.8, 4) is 5.75 Å². The van der Waals surface area contributed by atoms with E-state index in [9.17, 15) is 26.3 Å². The van der Waals surface area contributed by atoms with Crippen molar-refractivity contribution in [2.24, 2.45) is 0 Å². The summed E-state index contributed by atoms with van der Waals surface area (Å²) in [5.74, 6) is -0.464. The third kappa shape index (κ3) is 11.0. The van der Waals surface area contributed by atoms with E-state index >= 15 is 0 Å². The van der Waals surface area contributed by atoms with Crippen LogP contribution in [0.3, 0.4) is 0 Å². The summed E-state index contributed by atoms with van der Waals surface area (Å²) in [7, 11) is -1.99. The lowest BCUT2D eigenvalue weighted by molar-refractivity contribution is -0.274. The van der Waals surface area contributed by atoms with Crippen LogP contribution in [0.15, 0.2) is 24.3 Å². The van der Waals surface area contributed by atoms with Gasteiger partial charge in [0.25, 0.3) is 0 Å². The summed E-state index contributed by atoms with van der Waals surface area (Å²) < 4.78 is 86.6. The molecule has 1 aliphatic heterocycles. The van der Waals surface area contributed by atoms with Crippen molar-refractivity contribution < 1.29 is 35.5 Å². The first-order valence-electron chi connectivity index (χ1n) is 10.5. The van der Waals surface area contributed by atoms with Crippen LogP contribution in [0.4, 0.5) is 26.3 Å². The molecule has 13 heteroatoms. The molecule has 2 rings (SSSR count). The highest BCUT2D eigenvalue weighted by atomic mass is 32.1. The van der Waals surface area contributed by atoms with E-state index in [0.717, 1.165) is 18.6 Å². The molecule has 0 aliphatic carbocycles. The van der Waals surface area contributed by atoms with Gasteiger partial charge in [0.05, 0.1) is 12.6 Å². The monoisotopic (exact) mass is 554 g/mol. The molecule has 0 bridgehead atoms. The Kier molecular flexibility index (Phi) is 12.4. The van der Waals surface area contributed by atoms with Gasteiger partial charge in [-0.05, 0) is 42.2 Å². The zero-order valence-corrected chi connectivity index (χ0v) is 23.0. The zero-order chi connectivity index (χ0) is 24.4. The molecule has 200 valence electrons. The van der Waals surface area contributed by atoms with Gasteiger partial charge in [-0.15, -0.1) is 13.2 Å². The number of likely N-dealkylation sites (tertiary alicyclic amines) is 1. The number of hydrogen-bond donors (Lipinski definition) is 1. The zero-order valence-electron chi connectivity index (χ0n) is 20.0. The Bertz CT molecular complexity index is 760. The second-order valence-electron chi connectivity index (χ2n) is 9.72. The molecule has 1 heterocycles. The number of halogens is 6. The highest BCUT2D eigenvalue weighted by molar-refractivity contribution is 7.59. The van der Waals surface area contributed by atoms with Gasteiger partial charge >= 0.3 is 12.5 Å². The topological polar surface area (TPSA) is 33.7 Å². The number of hydrogen-bond acceptors (Lipinski definition) is 4. The first-order chi connectivity index (χ1) is 14.5. The molecule has 1 aromatic rings. The highest BCUT2D eigenvalue weighted by Gasteiger charge is 2.41. The van der Waals surface area contributed by atoms with Gasteiger partial charge in [-0.2, -0.15) is 40.2 Å². The van der Waals surface area contributed by atoms with E-state index in [4.69, 9.17) is 4.43 Å². The molecule has 0 saturated carbocycles. The predicted molar refractivity (Wildman–Crippen MR) is 134 cm³/mol. The highest BCUT2D eigenvalue weighted by Crippen LogP contribution is 2.38. The van der Waals surface area contributed by atoms with Gasteiger partial charge in [0, 0.05) is 25.7 Å². The Morgan fingerprint density at radius 1 is 1.09 bits per heavy atom. The molecule has 0 unspecified atom stereocenters. The Labute approximate surface area is 212 Å². The van der Waals surface area contributed by atoms with Gasteiger partial charge in [0.1, 0.15) is 5.75 Å². The van der Waals surface area contributed by atoms with Crippen molar-refractivity contribution >= 4 is 35.3 Å². The van der Waals surface area contributed by atoms with E-state index in [1.54, 1.807) is 0 Å². The third-order valence-corrected chi connectivity index (χ3v) is 10.5. The van der Waals surface area contributed by atoms with Crippen LogP contribution in [-0.4, -0.2) is 58.0 Å². The maximum atomic E-state index is 12.8. The predicted octanol–water partition coefficient (Wildman–Crippen LogP) is 6.10. The van der Waals surface area contributed by atoms with Crippen LogP contribution in [0.2, 0.25) is 18.1 Å². The minimum Gasteiger partial charge on any atom is -0.413 e. The van der Waals surface area contributed by atoms with Crippen LogP contribution >= 0.6 is 27.0 Å². The number of alkyl halides is 6. The summed E-state index contributed by atoms with van der Waals surface area (Å²) in [6, 6.07) is 4.26. The largest absolute Gasteiger partial charge is 0.573 e. The fraction of sp³-hybridized carbons (Fsp3) is 0.714. The van der Waals surface area contributed by atoms with E-state index in [1.165, 1.54) is 12.1 Å². The summed E-state index contributed by atoms with van der Waals surface area (Å²) in [5, 5.41) is 2.48. The molecule has 1 aliphatic rings. The first kappa shape index (κ1) is 33.4. The molecule has 1 aromatic carbocycles. The van der Waals surface area contributed by atoms with Gasteiger partial charge in [-0.1, -0.05) is 32.9 Å². The summed E-state index contributed by atoms with van der Waals surface area (Å²) in [4.78, 5) is 1.99. The maximum Gasteiger partial charge on any atom is 0.573 e. The Morgan fingerprint density at radius 3 is 2.24 bits per heavy atom. The van der Waals surface area contributed by atoms with E-state index in [0.29, 0.717) is 18.7 Å². The van der Waals surface area contributed by atoms with Crippen LogP contribution in [0.1, 0.15) is 38.8 Å². The van der Waals surface area contributed by atoms with Crippen LogP contribution < -0.4 is 10.1 Å². The standard InChI is InChI=1S/C21H32F6N2O2Si.2H2S/c1-19(2,3)32(4,5)31-17-9-10-29(12-17)13-18(28-14-20(22,23)24)15-7-6-8-16(11-15)30-21(25,26)27;;/h6-8,11,17-18,28H,9-10,12-14H2,1-5H3;2*1H2/t17-,18+;;/m0../s1. The minimum absolute atomic E-state index is 0. The van der Waals surface area contributed by atoms with Crippen molar-refractivity contribution in [3.05, 3.63) is 29.8 Å². The lowest BCUT2D eigenvalue weighted by Gasteiger charge is -2.38. The lowest BCUT2D eigenvalue weighted by atomic mass is 10.1. The van der Waals surface area contributed by atoms with Crippen LogP contribution in [0.5, 0.6) is 5.75 Å². The van der Waals surface area contributed by atoms with Crippen molar-refractivity contribution in [1.29, 1.82) is 0 Å². The van der Waals surface area contributed by atoms with Crippen molar-refractivity contribution in [2.75, 3.05) is 26.2 Å². The minimum atomic E-state index is -4.88. The average molecular weight is 555 g/mol. The van der Waals surface area contributed by atoms with Crippen molar-refractivity contribution in [3.63, 3.8) is 0 Å². The second kappa shape index (κ2) is 12.6. The molecule has 1 fully saturated rings. The Balaban J connectivity index is 0.00000544. The Hall–Kier alpha value is -0.603. The molecular formula is C21H36F6N2O2S2Si. The molecule has 0 radical (unpaired) electrons. The molecule has 4 nitrogen and oxygen atoms in total. The molecule has 0 amide bonds. The van der Waals surface area contributed by atoms with E-state index in [1.807, 2.05) is 4.90 Å². The van der Waals surface area contributed by atoms with Gasteiger partial charge in [-0.25, -0.2) is 0 Å². The summed E-state index contributed by atoms with van der Waals surface area (Å²) in [6.07, 6.45) is -8.58. The number of nitrogens with zero attached hydrogens (tertiary/aromatic N) is 1. The quantitative estimate of drug-likeness (QED) is 0.311. The summed E-state index contributed by atoms with van der Waals surface area (Å²) in [5.41, 5.74) is 0.296. The fourth-order valence-corrected chi connectivity index (χ4v) is 4.75. The molecule has 1 N–H and O–H groups in total. The van der Waals surface area contributed by atoms with Crippen LogP contribution in [0.25, 0.3) is 0 Å². The lowest BCUT2D eigenvalue weighted by Crippen LogP contribution is -2.45. The van der Waals surface area contributed by atoms with E-state index in [-0.39, 0.29) is 44.7 Å². The molecular weight excluding hydrogens is 518 g/mol. The van der Waals surface area contributed by atoms with Gasteiger partial charge in [-0.3, -0.25) is 4.90 Å². The summed E-state index contributed by atoms with van der Waals surface area (Å²) in [6.45, 7) is 10.9. The second-order valence-corrected chi connectivity index (χ2v) is 14.5. The molecule has 1 saturated heterocycles. The van der Waals surface area contributed by atoms with E-state index in [2.05, 4.69) is 43.9 Å². The number of nitrogens with one attached hydrogen (secondary N) is 1. The number of benzene rings is 1. The van der Waals surface area contributed by atoms with Gasteiger partial charge in [0.15, 0.2) is 8.32 Å². The van der Waals surface area contributed by atoms with Crippen molar-refractivity contribution in [1.82, 2.24) is 10.2 Å². The average Bonchev–Trinajstić information content (AvgIpc) is 3.01. The van der Waals surface area contributed by atoms with Crippen molar-refractivity contribution in [2.45, 2.75) is 70.0 Å².